The predicted octanol–water partition coefficient (Wildman–Crippen LogP) is 1.74. The molecule has 0 amide bonds. The van der Waals surface area contributed by atoms with Crippen molar-refractivity contribution >= 4 is 29.9 Å². The molecule has 3 N–H and O–H groups in total. The Labute approximate surface area is 187 Å². The molecular formula is C20H39IN4O3. The van der Waals surface area contributed by atoms with Gasteiger partial charge in [0.1, 0.15) is 0 Å². The number of nitrogens with zero attached hydrogens (tertiary/aromatic N) is 2. The van der Waals surface area contributed by atoms with Crippen LogP contribution >= 0.6 is 24.0 Å². The molecule has 0 spiro atoms. The summed E-state index contributed by atoms with van der Waals surface area (Å²) in [5.41, 5.74) is -0.527. The van der Waals surface area contributed by atoms with E-state index >= 15 is 0 Å². The van der Waals surface area contributed by atoms with Gasteiger partial charge in [0.15, 0.2) is 5.96 Å². The summed E-state index contributed by atoms with van der Waals surface area (Å²) in [4.78, 5) is 7.59. The van der Waals surface area contributed by atoms with Gasteiger partial charge in [-0.1, -0.05) is 19.3 Å². The lowest BCUT2D eigenvalue weighted by Gasteiger charge is -2.47. The summed E-state index contributed by atoms with van der Waals surface area (Å²) in [6.45, 7) is 9.18. The van der Waals surface area contributed by atoms with Gasteiger partial charge < -0.3 is 25.2 Å². The van der Waals surface area contributed by atoms with Gasteiger partial charge >= 0.3 is 0 Å². The van der Waals surface area contributed by atoms with Crippen LogP contribution in [0.3, 0.4) is 0 Å². The van der Waals surface area contributed by atoms with Gasteiger partial charge in [0.2, 0.25) is 0 Å². The Morgan fingerprint density at radius 2 is 1.61 bits per heavy atom. The van der Waals surface area contributed by atoms with Crippen LogP contribution in [0.4, 0.5) is 0 Å². The zero-order chi connectivity index (χ0) is 19.0. The van der Waals surface area contributed by atoms with E-state index in [2.05, 4.69) is 22.5 Å². The Morgan fingerprint density at radius 3 is 2.25 bits per heavy atom. The van der Waals surface area contributed by atoms with Crippen molar-refractivity contribution in [3.63, 3.8) is 0 Å². The number of ether oxygens (including phenoxy) is 2. The SMILES string of the molecule is CCNC(=NCC1(N2CCOCC2)CCCCC1)NCC1(O)CCOCC1.I. The normalized spacial score (nSPS) is 25.6. The van der Waals surface area contributed by atoms with Crippen molar-refractivity contribution in [2.24, 2.45) is 4.99 Å². The summed E-state index contributed by atoms with van der Waals surface area (Å²) in [6, 6.07) is 0. The van der Waals surface area contributed by atoms with Crippen LogP contribution < -0.4 is 10.6 Å². The second-order valence-electron chi connectivity index (χ2n) is 8.27. The molecule has 0 unspecified atom stereocenters. The number of rotatable bonds is 6. The monoisotopic (exact) mass is 510 g/mol. The van der Waals surface area contributed by atoms with Crippen LogP contribution in [0.1, 0.15) is 51.9 Å². The van der Waals surface area contributed by atoms with E-state index in [0.717, 1.165) is 45.4 Å². The lowest BCUT2D eigenvalue weighted by Crippen LogP contribution is -2.57. The molecule has 0 radical (unpaired) electrons. The van der Waals surface area contributed by atoms with Crippen molar-refractivity contribution in [3.8, 4) is 0 Å². The molecule has 3 aliphatic rings. The van der Waals surface area contributed by atoms with Crippen LogP contribution in [-0.2, 0) is 9.47 Å². The first-order chi connectivity index (χ1) is 13.2. The predicted molar refractivity (Wildman–Crippen MR) is 123 cm³/mol. The summed E-state index contributed by atoms with van der Waals surface area (Å²) in [5, 5.41) is 17.4. The number of nitrogens with one attached hydrogen (secondary N) is 2. The maximum absolute atomic E-state index is 10.7. The summed E-state index contributed by atoms with van der Waals surface area (Å²) < 4.78 is 11.0. The lowest BCUT2D eigenvalue weighted by molar-refractivity contribution is -0.0594. The molecule has 0 aromatic heterocycles. The summed E-state index contributed by atoms with van der Waals surface area (Å²) in [7, 11) is 0. The number of aliphatic imine (C=N–C) groups is 1. The maximum atomic E-state index is 10.7. The minimum atomic E-state index is -0.693. The average molecular weight is 510 g/mol. The lowest BCUT2D eigenvalue weighted by atomic mass is 9.80. The van der Waals surface area contributed by atoms with Crippen LogP contribution in [0.2, 0.25) is 0 Å². The Bertz CT molecular complexity index is 474. The van der Waals surface area contributed by atoms with Gasteiger partial charge in [-0.3, -0.25) is 9.89 Å². The first kappa shape index (κ1) is 24.1. The fraction of sp³-hybridized carbons (Fsp3) is 0.950. The van der Waals surface area contributed by atoms with Gasteiger partial charge in [-0.25, -0.2) is 0 Å². The van der Waals surface area contributed by atoms with Gasteiger partial charge in [0.05, 0.1) is 25.4 Å². The highest BCUT2D eigenvalue weighted by Crippen LogP contribution is 2.34. The van der Waals surface area contributed by atoms with E-state index in [9.17, 15) is 5.11 Å². The van der Waals surface area contributed by atoms with E-state index < -0.39 is 5.60 Å². The van der Waals surface area contributed by atoms with E-state index in [-0.39, 0.29) is 29.5 Å². The Kier molecular flexibility index (Phi) is 10.2. The molecule has 3 rings (SSSR count). The molecule has 8 heteroatoms. The first-order valence-corrected chi connectivity index (χ1v) is 10.8. The second-order valence-corrected chi connectivity index (χ2v) is 8.27. The number of morpholine rings is 1. The third-order valence-corrected chi connectivity index (χ3v) is 6.35. The largest absolute Gasteiger partial charge is 0.388 e. The van der Waals surface area contributed by atoms with Crippen molar-refractivity contribution in [2.75, 3.05) is 59.2 Å². The van der Waals surface area contributed by atoms with Gasteiger partial charge in [-0.15, -0.1) is 24.0 Å². The minimum absolute atomic E-state index is 0. The molecule has 1 aliphatic carbocycles. The minimum Gasteiger partial charge on any atom is -0.388 e. The third kappa shape index (κ3) is 6.68. The molecule has 0 aromatic rings. The molecule has 0 atom stereocenters. The topological polar surface area (TPSA) is 78.4 Å². The Hall–Kier alpha value is -0.160. The van der Waals surface area contributed by atoms with Crippen molar-refractivity contribution in [1.29, 1.82) is 0 Å². The van der Waals surface area contributed by atoms with E-state index in [1.165, 1.54) is 32.1 Å². The van der Waals surface area contributed by atoms with Crippen molar-refractivity contribution < 1.29 is 14.6 Å². The Balaban J connectivity index is 0.00000280. The zero-order valence-corrected chi connectivity index (χ0v) is 19.7. The number of hydrogen-bond donors (Lipinski definition) is 3. The molecule has 28 heavy (non-hydrogen) atoms. The number of aliphatic hydroxyl groups is 1. The highest BCUT2D eigenvalue weighted by Gasteiger charge is 2.38. The van der Waals surface area contributed by atoms with Crippen LogP contribution in [0.5, 0.6) is 0 Å². The fourth-order valence-corrected chi connectivity index (χ4v) is 4.57. The molecular weight excluding hydrogens is 471 g/mol. The van der Waals surface area contributed by atoms with Crippen LogP contribution in [0.15, 0.2) is 4.99 Å². The van der Waals surface area contributed by atoms with Crippen molar-refractivity contribution in [1.82, 2.24) is 15.5 Å². The smallest absolute Gasteiger partial charge is 0.191 e. The van der Waals surface area contributed by atoms with Gasteiger partial charge in [-0.2, -0.15) is 0 Å². The molecule has 164 valence electrons. The number of hydrogen-bond acceptors (Lipinski definition) is 5. The first-order valence-electron chi connectivity index (χ1n) is 10.8. The molecule has 2 saturated heterocycles. The van der Waals surface area contributed by atoms with E-state index in [0.29, 0.717) is 32.6 Å². The zero-order valence-electron chi connectivity index (χ0n) is 17.4. The van der Waals surface area contributed by atoms with Crippen LogP contribution in [-0.4, -0.2) is 86.3 Å². The summed E-state index contributed by atoms with van der Waals surface area (Å²) >= 11 is 0. The van der Waals surface area contributed by atoms with Crippen molar-refractivity contribution in [2.45, 2.75) is 63.0 Å². The van der Waals surface area contributed by atoms with E-state index in [4.69, 9.17) is 14.5 Å². The van der Waals surface area contributed by atoms with Gasteiger partial charge in [0.25, 0.3) is 0 Å². The summed E-state index contributed by atoms with van der Waals surface area (Å²) in [6.07, 6.45) is 7.71. The Morgan fingerprint density at radius 1 is 0.964 bits per heavy atom. The molecule has 1 saturated carbocycles. The van der Waals surface area contributed by atoms with Gasteiger partial charge in [-0.05, 0) is 19.8 Å². The molecule has 2 aliphatic heterocycles. The molecule has 3 fully saturated rings. The number of halogens is 1. The highest BCUT2D eigenvalue weighted by atomic mass is 127. The number of guanidine groups is 1. The molecule has 7 nitrogen and oxygen atoms in total. The maximum Gasteiger partial charge on any atom is 0.191 e. The fourth-order valence-electron chi connectivity index (χ4n) is 4.57. The van der Waals surface area contributed by atoms with Crippen molar-refractivity contribution in [3.05, 3.63) is 0 Å². The average Bonchev–Trinajstić information content (AvgIpc) is 2.72. The third-order valence-electron chi connectivity index (χ3n) is 6.35. The van der Waals surface area contributed by atoms with Crippen LogP contribution in [0, 0.1) is 0 Å². The standard InChI is InChI=1S/C20H38N4O3.HI/c1-2-21-18(23-17-20(25)8-12-26-13-9-20)22-16-19(6-4-3-5-7-19)24-10-14-27-15-11-24;/h25H,2-17H2,1H3,(H2,21,22,23);1H. The van der Waals surface area contributed by atoms with Gasteiger partial charge in [0, 0.05) is 57.8 Å². The van der Waals surface area contributed by atoms with E-state index in [1.54, 1.807) is 0 Å². The molecule has 0 bridgehead atoms. The molecule has 2 heterocycles. The molecule has 0 aromatic carbocycles. The summed E-state index contributed by atoms with van der Waals surface area (Å²) in [5.74, 6) is 0.815. The second kappa shape index (κ2) is 11.9. The highest BCUT2D eigenvalue weighted by molar-refractivity contribution is 14.0. The van der Waals surface area contributed by atoms with E-state index in [1.807, 2.05) is 0 Å². The quantitative estimate of drug-likeness (QED) is 0.287. The van der Waals surface area contributed by atoms with Crippen LogP contribution in [0.25, 0.3) is 0 Å².